The van der Waals surface area contributed by atoms with E-state index in [1.165, 1.54) is 18.9 Å². The van der Waals surface area contributed by atoms with Crippen molar-refractivity contribution in [3.05, 3.63) is 57.9 Å². The lowest BCUT2D eigenvalue weighted by molar-refractivity contribution is -0.137. The molecular formula is C24H24ClF4NO5. The Bertz CT molecular complexity index is 1090. The van der Waals surface area contributed by atoms with Crippen LogP contribution in [0.25, 0.3) is 0 Å². The van der Waals surface area contributed by atoms with Crippen LogP contribution in [-0.2, 0) is 22.1 Å². The summed E-state index contributed by atoms with van der Waals surface area (Å²) in [5, 5.41) is -0.782. The topological polar surface area (TPSA) is 65.1 Å². The number of halogens is 5. The fourth-order valence-corrected chi connectivity index (χ4v) is 3.79. The van der Waals surface area contributed by atoms with Gasteiger partial charge in [-0.1, -0.05) is 17.7 Å². The van der Waals surface area contributed by atoms with Crippen molar-refractivity contribution >= 4 is 23.3 Å². The molecule has 1 fully saturated rings. The van der Waals surface area contributed by atoms with E-state index in [4.69, 9.17) is 25.8 Å². The summed E-state index contributed by atoms with van der Waals surface area (Å²) in [7, 11) is 1.48. The number of rotatable bonds is 8. The number of aryl methyl sites for hydroxylation is 1. The largest absolute Gasteiger partial charge is 0.493 e. The SMILES string of the molecule is COc1cc(CCC(C)=O)ccc1OCC1CN(C(=O)c2cc(C(F)(F)F)cc(Cl)c2F)CCO1. The van der Waals surface area contributed by atoms with Crippen LogP contribution < -0.4 is 9.47 Å². The average molecular weight is 518 g/mol. The van der Waals surface area contributed by atoms with Crippen LogP contribution in [-0.4, -0.2) is 56.1 Å². The molecule has 0 bridgehead atoms. The smallest absolute Gasteiger partial charge is 0.416 e. The quantitative estimate of drug-likeness (QED) is 0.464. The van der Waals surface area contributed by atoms with Crippen LogP contribution in [0.4, 0.5) is 17.6 Å². The molecule has 0 aromatic heterocycles. The van der Waals surface area contributed by atoms with Gasteiger partial charge >= 0.3 is 6.18 Å². The Hall–Kier alpha value is -2.85. The second-order valence-electron chi connectivity index (χ2n) is 8.06. The Morgan fingerprint density at radius 1 is 1.20 bits per heavy atom. The van der Waals surface area contributed by atoms with Gasteiger partial charge < -0.3 is 23.9 Å². The molecule has 1 saturated heterocycles. The average Bonchev–Trinajstić information content (AvgIpc) is 2.82. The third-order valence-corrected chi connectivity index (χ3v) is 5.71. The van der Waals surface area contributed by atoms with Crippen molar-refractivity contribution in [2.45, 2.75) is 32.0 Å². The first kappa shape index (κ1) is 26.7. The van der Waals surface area contributed by atoms with Crippen molar-refractivity contribution in [3.8, 4) is 11.5 Å². The zero-order valence-corrected chi connectivity index (χ0v) is 19.8. The summed E-state index contributed by atoms with van der Waals surface area (Å²) < 4.78 is 70.5. The second kappa shape index (κ2) is 11.3. The number of hydrogen-bond acceptors (Lipinski definition) is 5. The van der Waals surface area contributed by atoms with Gasteiger partial charge in [-0.05, 0) is 43.2 Å². The van der Waals surface area contributed by atoms with Crippen molar-refractivity contribution in [1.82, 2.24) is 4.90 Å². The zero-order valence-electron chi connectivity index (χ0n) is 19.1. The van der Waals surface area contributed by atoms with E-state index in [-0.39, 0.29) is 32.1 Å². The number of carbonyl (C=O) groups excluding carboxylic acids is 2. The lowest BCUT2D eigenvalue weighted by atomic mass is 10.1. The molecule has 190 valence electrons. The number of carbonyl (C=O) groups is 2. The van der Waals surface area contributed by atoms with Gasteiger partial charge in [-0.3, -0.25) is 4.79 Å². The number of ether oxygens (including phenoxy) is 3. The molecule has 1 heterocycles. The van der Waals surface area contributed by atoms with E-state index in [0.29, 0.717) is 36.5 Å². The second-order valence-corrected chi connectivity index (χ2v) is 8.47. The fourth-order valence-electron chi connectivity index (χ4n) is 3.57. The number of nitrogens with zero attached hydrogens (tertiary/aromatic N) is 1. The molecule has 11 heteroatoms. The minimum atomic E-state index is -4.78. The van der Waals surface area contributed by atoms with E-state index in [1.54, 1.807) is 18.2 Å². The number of alkyl halides is 3. The van der Waals surface area contributed by atoms with Crippen LogP contribution in [0.2, 0.25) is 5.02 Å². The monoisotopic (exact) mass is 517 g/mol. The molecule has 0 radical (unpaired) electrons. The van der Waals surface area contributed by atoms with E-state index in [1.807, 2.05) is 0 Å². The first-order valence-electron chi connectivity index (χ1n) is 10.8. The highest BCUT2D eigenvalue weighted by Crippen LogP contribution is 2.34. The first-order chi connectivity index (χ1) is 16.5. The lowest BCUT2D eigenvalue weighted by Crippen LogP contribution is -2.47. The van der Waals surface area contributed by atoms with Crippen LogP contribution in [0, 0.1) is 5.82 Å². The van der Waals surface area contributed by atoms with Crippen molar-refractivity contribution in [1.29, 1.82) is 0 Å². The predicted molar refractivity (Wildman–Crippen MR) is 120 cm³/mol. The molecule has 2 aromatic rings. The maximum absolute atomic E-state index is 14.4. The van der Waals surface area contributed by atoms with Crippen molar-refractivity contribution in [3.63, 3.8) is 0 Å². The minimum absolute atomic E-state index is 0.0127. The van der Waals surface area contributed by atoms with Gasteiger partial charge in [0.1, 0.15) is 18.5 Å². The number of morpholine rings is 1. The molecule has 6 nitrogen and oxygen atoms in total. The highest BCUT2D eigenvalue weighted by Gasteiger charge is 2.35. The Kier molecular flexibility index (Phi) is 8.60. The molecule has 1 amide bonds. The Morgan fingerprint density at radius 2 is 1.94 bits per heavy atom. The molecule has 0 N–H and O–H groups in total. The van der Waals surface area contributed by atoms with Crippen LogP contribution in [0.5, 0.6) is 11.5 Å². The summed E-state index contributed by atoms with van der Waals surface area (Å²) in [5.74, 6) is -1.18. The van der Waals surface area contributed by atoms with Gasteiger partial charge in [0.05, 0.1) is 36.4 Å². The predicted octanol–water partition coefficient (Wildman–Crippen LogP) is 4.95. The van der Waals surface area contributed by atoms with Crippen LogP contribution in [0.1, 0.15) is 34.8 Å². The van der Waals surface area contributed by atoms with Crippen LogP contribution >= 0.6 is 11.6 Å². The molecule has 1 aliphatic heterocycles. The molecular weight excluding hydrogens is 494 g/mol. The summed E-state index contributed by atoms with van der Waals surface area (Å²) in [6, 6.07) is 6.17. The van der Waals surface area contributed by atoms with Crippen molar-refractivity contribution < 1.29 is 41.4 Å². The summed E-state index contributed by atoms with van der Waals surface area (Å²) in [5.41, 5.74) is -1.06. The molecule has 1 atom stereocenters. The molecule has 0 aliphatic carbocycles. The number of amides is 1. The number of ketones is 1. The van der Waals surface area contributed by atoms with Crippen molar-refractivity contribution in [2.24, 2.45) is 0 Å². The Morgan fingerprint density at radius 3 is 2.60 bits per heavy atom. The fraction of sp³-hybridized carbons (Fsp3) is 0.417. The maximum atomic E-state index is 14.4. The minimum Gasteiger partial charge on any atom is -0.493 e. The van der Waals surface area contributed by atoms with E-state index in [2.05, 4.69) is 0 Å². The first-order valence-corrected chi connectivity index (χ1v) is 11.1. The van der Waals surface area contributed by atoms with Gasteiger partial charge in [-0.25, -0.2) is 4.39 Å². The van der Waals surface area contributed by atoms with Gasteiger partial charge in [0.25, 0.3) is 5.91 Å². The van der Waals surface area contributed by atoms with Crippen LogP contribution in [0.3, 0.4) is 0 Å². The standard InChI is InChI=1S/C24H24ClF4NO5/c1-14(31)3-4-15-5-6-20(21(9-15)33-2)35-13-17-12-30(7-8-34-17)23(32)18-10-16(24(27,28)29)11-19(25)22(18)26/h5-6,9-11,17H,3-4,7-8,12-13H2,1-2H3. The number of benzene rings is 2. The number of Topliss-reactive ketones (excluding diaryl/α,β-unsaturated/α-hetero) is 1. The Labute approximate surface area is 204 Å². The van der Waals surface area contributed by atoms with Gasteiger partial charge in [0.15, 0.2) is 17.3 Å². The lowest BCUT2D eigenvalue weighted by Gasteiger charge is -2.33. The van der Waals surface area contributed by atoms with Gasteiger partial charge in [-0.15, -0.1) is 0 Å². The number of hydrogen-bond donors (Lipinski definition) is 0. The highest BCUT2D eigenvalue weighted by molar-refractivity contribution is 6.31. The third-order valence-electron chi connectivity index (χ3n) is 5.43. The normalized spacial score (nSPS) is 16.2. The Balaban J connectivity index is 1.68. The van der Waals surface area contributed by atoms with Crippen LogP contribution in [0.15, 0.2) is 30.3 Å². The summed E-state index contributed by atoms with van der Waals surface area (Å²) in [6.45, 7) is 1.67. The molecule has 2 aromatic carbocycles. The number of methoxy groups -OCH3 is 1. The zero-order chi connectivity index (χ0) is 25.8. The molecule has 0 saturated carbocycles. The summed E-state index contributed by atoms with van der Waals surface area (Å²) in [4.78, 5) is 25.2. The summed E-state index contributed by atoms with van der Waals surface area (Å²) >= 11 is 5.61. The molecule has 1 unspecified atom stereocenters. The molecule has 3 rings (SSSR count). The van der Waals surface area contributed by atoms with E-state index >= 15 is 0 Å². The maximum Gasteiger partial charge on any atom is 0.416 e. The van der Waals surface area contributed by atoms with E-state index < -0.39 is 40.2 Å². The van der Waals surface area contributed by atoms with Gasteiger partial charge in [0.2, 0.25) is 0 Å². The van der Waals surface area contributed by atoms with E-state index in [0.717, 1.165) is 5.56 Å². The van der Waals surface area contributed by atoms with E-state index in [9.17, 15) is 27.2 Å². The molecule has 1 aliphatic rings. The van der Waals surface area contributed by atoms with Gasteiger partial charge in [-0.2, -0.15) is 13.2 Å². The van der Waals surface area contributed by atoms with Gasteiger partial charge in [0, 0.05) is 13.0 Å². The summed E-state index contributed by atoms with van der Waals surface area (Å²) in [6.07, 6.45) is -4.43. The highest BCUT2D eigenvalue weighted by atomic mass is 35.5. The van der Waals surface area contributed by atoms with Crippen molar-refractivity contribution in [2.75, 3.05) is 33.4 Å². The molecule has 35 heavy (non-hydrogen) atoms. The third kappa shape index (κ3) is 6.85. The molecule has 0 spiro atoms.